The van der Waals surface area contributed by atoms with Crippen LogP contribution in [0.4, 0.5) is 0 Å². The van der Waals surface area contributed by atoms with Gasteiger partial charge >= 0.3 is 0 Å². The molecule has 0 bridgehead atoms. The van der Waals surface area contributed by atoms with Gasteiger partial charge in [0.15, 0.2) is 11.5 Å². The molecule has 0 saturated carbocycles. The summed E-state index contributed by atoms with van der Waals surface area (Å²) < 4.78 is 17.0. The largest absolute Gasteiger partial charge is 0.490 e. The maximum absolute atomic E-state index is 10.6. The summed E-state index contributed by atoms with van der Waals surface area (Å²) in [6.45, 7) is 15.4. The maximum Gasteiger partial charge on any atom is 0.231 e. The van der Waals surface area contributed by atoms with Crippen molar-refractivity contribution in [1.29, 1.82) is 0 Å². The Morgan fingerprint density at radius 1 is 0.969 bits per heavy atom. The molecular weight excluding hydrogens is 404 g/mol. The van der Waals surface area contributed by atoms with Crippen molar-refractivity contribution in [2.45, 2.75) is 45.8 Å². The number of aryl methyl sites for hydroxylation is 1. The van der Waals surface area contributed by atoms with E-state index in [1.807, 2.05) is 12.1 Å². The number of hydrogen-bond acceptors (Lipinski definition) is 4. The third-order valence-corrected chi connectivity index (χ3v) is 6.45. The van der Waals surface area contributed by atoms with Crippen LogP contribution in [0.5, 0.6) is 17.2 Å². The molecule has 0 aromatic heterocycles. The molecule has 2 heterocycles. The SMILES string of the molecule is Cc1ccc(OC[C@@H](O)C[NH+]2CC[NH+](Cc3ccc4c(c3)OCO4)CC2)c(C(C)(C)C)c1. The molecule has 2 aliphatic rings. The summed E-state index contributed by atoms with van der Waals surface area (Å²) in [7, 11) is 0. The highest BCUT2D eigenvalue weighted by molar-refractivity contribution is 5.44. The maximum atomic E-state index is 10.6. The van der Waals surface area contributed by atoms with E-state index < -0.39 is 6.10 Å². The van der Waals surface area contributed by atoms with Crippen molar-refractivity contribution in [1.82, 2.24) is 0 Å². The van der Waals surface area contributed by atoms with Crippen molar-refractivity contribution in [2.75, 3.05) is 46.1 Å². The highest BCUT2D eigenvalue weighted by atomic mass is 16.7. The number of piperazine rings is 1. The number of hydrogen-bond donors (Lipinski definition) is 3. The van der Waals surface area contributed by atoms with Crippen molar-refractivity contribution in [3.8, 4) is 17.2 Å². The number of aliphatic hydroxyl groups excluding tert-OH is 1. The lowest BCUT2D eigenvalue weighted by Crippen LogP contribution is -3.28. The van der Waals surface area contributed by atoms with Crippen LogP contribution in [-0.4, -0.2) is 57.3 Å². The molecule has 174 valence electrons. The molecule has 6 heteroatoms. The van der Waals surface area contributed by atoms with E-state index in [1.165, 1.54) is 21.6 Å². The van der Waals surface area contributed by atoms with Crippen LogP contribution in [0.2, 0.25) is 0 Å². The fourth-order valence-electron chi connectivity index (χ4n) is 4.61. The number of ether oxygens (including phenoxy) is 3. The average Bonchev–Trinajstić information content (AvgIpc) is 3.21. The Morgan fingerprint density at radius 3 is 2.44 bits per heavy atom. The standard InChI is InChI=1S/C26H36N2O4/c1-19-5-7-23(22(13-19)26(2,3)4)30-17-21(29)16-28-11-9-27(10-12-28)15-20-6-8-24-25(14-20)32-18-31-24/h5-8,13-14,21,29H,9-12,15-18H2,1-4H3/p+2/t21-/m0/s1. The predicted octanol–water partition coefficient (Wildman–Crippen LogP) is 0.745. The Labute approximate surface area is 191 Å². The van der Waals surface area contributed by atoms with Crippen LogP contribution < -0.4 is 24.0 Å². The molecule has 0 spiro atoms. The highest BCUT2D eigenvalue weighted by Crippen LogP contribution is 2.33. The van der Waals surface area contributed by atoms with Gasteiger partial charge in [0.2, 0.25) is 6.79 Å². The fourth-order valence-corrected chi connectivity index (χ4v) is 4.61. The summed E-state index contributed by atoms with van der Waals surface area (Å²) in [5.41, 5.74) is 3.72. The molecule has 2 aromatic rings. The van der Waals surface area contributed by atoms with Gasteiger partial charge in [-0.15, -0.1) is 0 Å². The average molecular weight is 443 g/mol. The Morgan fingerprint density at radius 2 is 1.69 bits per heavy atom. The Bertz CT molecular complexity index is 917. The fraction of sp³-hybridized carbons (Fsp3) is 0.538. The summed E-state index contributed by atoms with van der Waals surface area (Å²) in [4.78, 5) is 3.03. The molecule has 1 saturated heterocycles. The van der Waals surface area contributed by atoms with Crippen LogP contribution in [-0.2, 0) is 12.0 Å². The van der Waals surface area contributed by atoms with Gasteiger partial charge in [0.25, 0.3) is 0 Å². The first-order chi connectivity index (χ1) is 15.3. The number of nitrogens with one attached hydrogen (secondary N) is 2. The van der Waals surface area contributed by atoms with E-state index in [9.17, 15) is 5.11 Å². The number of quaternary nitrogens is 2. The van der Waals surface area contributed by atoms with Crippen LogP contribution in [0.25, 0.3) is 0 Å². The van der Waals surface area contributed by atoms with Gasteiger partial charge < -0.3 is 29.1 Å². The first-order valence-electron chi connectivity index (χ1n) is 11.8. The number of fused-ring (bicyclic) bond motifs is 1. The van der Waals surface area contributed by atoms with Crippen molar-refractivity contribution in [3.05, 3.63) is 53.1 Å². The van der Waals surface area contributed by atoms with Gasteiger partial charge in [-0.3, -0.25) is 0 Å². The zero-order valence-electron chi connectivity index (χ0n) is 19.9. The molecule has 1 fully saturated rings. The van der Waals surface area contributed by atoms with E-state index >= 15 is 0 Å². The molecule has 1 atom stereocenters. The predicted molar refractivity (Wildman–Crippen MR) is 124 cm³/mol. The lowest BCUT2D eigenvalue weighted by atomic mass is 9.85. The van der Waals surface area contributed by atoms with Crippen LogP contribution in [0, 0.1) is 6.92 Å². The molecule has 4 rings (SSSR count). The molecule has 3 N–H and O–H groups in total. The van der Waals surface area contributed by atoms with Crippen molar-refractivity contribution >= 4 is 0 Å². The second kappa shape index (κ2) is 9.69. The molecular formula is C26H38N2O4+2. The van der Waals surface area contributed by atoms with Crippen molar-refractivity contribution in [2.24, 2.45) is 0 Å². The minimum Gasteiger partial charge on any atom is -0.490 e. The van der Waals surface area contributed by atoms with Gasteiger partial charge in [-0.2, -0.15) is 0 Å². The van der Waals surface area contributed by atoms with Gasteiger partial charge in [0.1, 0.15) is 57.7 Å². The van der Waals surface area contributed by atoms with Gasteiger partial charge in [0.05, 0.1) is 0 Å². The third kappa shape index (κ3) is 5.74. The second-order valence-corrected chi connectivity index (χ2v) is 10.3. The van der Waals surface area contributed by atoms with Crippen molar-refractivity contribution in [3.63, 3.8) is 0 Å². The van der Waals surface area contributed by atoms with E-state index in [1.54, 1.807) is 4.90 Å². The third-order valence-electron chi connectivity index (χ3n) is 6.45. The Kier molecular flexibility index (Phi) is 6.93. The van der Waals surface area contributed by atoms with E-state index in [2.05, 4.69) is 52.0 Å². The van der Waals surface area contributed by atoms with E-state index in [0.29, 0.717) is 13.4 Å². The monoisotopic (exact) mass is 442 g/mol. The first-order valence-corrected chi connectivity index (χ1v) is 11.8. The summed E-state index contributed by atoms with van der Waals surface area (Å²) in [5.74, 6) is 2.59. The molecule has 2 aliphatic heterocycles. The molecule has 0 aliphatic carbocycles. The Balaban J connectivity index is 1.22. The summed E-state index contributed by atoms with van der Waals surface area (Å²) in [6.07, 6.45) is -0.463. The summed E-state index contributed by atoms with van der Waals surface area (Å²) in [6, 6.07) is 12.5. The number of aliphatic hydroxyl groups is 1. The highest BCUT2D eigenvalue weighted by Gasteiger charge is 2.26. The molecule has 0 radical (unpaired) electrons. The minimum absolute atomic E-state index is 0.00857. The minimum atomic E-state index is -0.463. The van der Waals surface area contributed by atoms with Gasteiger partial charge in [-0.25, -0.2) is 0 Å². The van der Waals surface area contributed by atoms with Crippen LogP contribution >= 0.6 is 0 Å². The van der Waals surface area contributed by atoms with Gasteiger partial charge in [-0.05, 0) is 42.2 Å². The number of benzene rings is 2. The zero-order chi connectivity index (χ0) is 22.7. The van der Waals surface area contributed by atoms with Crippen LogP contribution in [0.3, 0.4) is 0 Å². The smallest absolute Gasteiger partial charge is 0.231 e. The van der Waals surface area contributed by atoms with Gasteiger partial charge in [-0.1, -0.05) is 38.5 Å². The second-order valence-electron chi connectivity index (χ2n) is 10.3. The summed E-state index contributed by atoms with van der Waals surface area (Å²) >= 11 is 0. The van der Waals surface area contributed by atoms with Crippen LogP contribution in [0.1, 0.15) is 37.5 Å². The lowest BCUT2D eigenvalue weighted by molar-refractivity contribution is -1.02. The summed E-state index contributed by atoms with van der Waals surface area (Å²) in [5, 5.41) is 10.6. The molecule has 0 unspecified atom stereocenters. The quantitative estimate of drug-likeness (QED) is 0.592. The number of rotatable bonds is 7. The van der Waals surface area contributed by atoms with Gasteiger partial charge in [0, 0.05) is 5.56 Å². The topological polar surface area (TPSA) is 56.8 Å². The van der Waals surface area contributed by atoms with Crippen LogP contribution in [0.15, 0.2) is 36.4 Å². The van der Waals surface area contributed by atoms with E-state index in [0.717, 1.165) is 56.5 Å². The molecule has 2 aromatic carbocycles. The molecule has 32 heavy (non-hydrogen) atoms. The lowest BCUT2D eigenvalue weighted by Gasteiger charge is -2.31. The molecule has 6 nitrogen and oxygen atoms in total. The van der Waals surface area contributed by atoms with E-state index in [-0.39, 0.29) is 5.41 Å². The first kappa shape index (κ1) is 22.9. The van der Waals surface area contributed by atoms with E-state index in [4.69, 9.17) is 14.2 Å². The normalized spacial score (nSPS) is 21.4. The van der Waals surface area contributed by atoms with Crippen molar-refractivity contribution < 1.29 is 29.1 Å². The Hall–Kier alpha value is -2.28. The zero-order valence-corrected chi connectivity index (χ0v) is 19.9. The molecule has 0 amide bonds.